The van der Waals surface area contributed by atoms with Crippen LogP contribution in [0.15, 0.2) is 24.3 Å². The number of carbonyl (C=O) groups excluding carboxylic acids is 1. The van der Waals surface area contributed by atoms with E-state index in [1.54, 1.807) is 0 Å². The average Bonchev–Trinajstić information content (AvgIpc) is 2.44. The van der Waals surface area contributed by atoms with E-state index in [9.17, 15) is 4.79 Å². The highest BCUT2D eigenvalue weighted by Gasteiger charge is 2.26. The summed E-state index contributed by atoms with van der Waals surface area (Å²) in [4.78, 5) is 14.0. The zero-order valence-electron chi connectivity index (χ0n) is 9.86. The van der Waals surface area contributed by atoms with Crippen LogP contribution in [0.3, 0.4) is 0 Å². The smallest absolute Gasteiger partial charge is 0.244 e. The molecule has 0 radical (unpaired) electrons. The highest BCUT2D eigenvalue weighted by atomic mass is 16.2. The minimum atomic E-state index is -0.173. The maximum Gasteiger partial charge on any atom is 0.244 e. The summed E-state index contributed by atoms with van der Waals surface area (Å²) in [6.45, 7) is 3.79. The predicted octanol–water partition coefficient (Wildman–Crippen LogP) is 1.49. The molecule has 0 aromatic heterocycles. The van der Waals surface area contributed by atoms with E-state index in [2.05, 4.69) is 18.3 Å². The number of likely N-dealkylation sites (N-methyl/N-ethyl adjacent to an activating group) is 1. The van der Waals surface area contributed by atoms with Gasteiger partial charge in [0.05, 0.1) is 0 Å². The summed E-state index contributed by atoms with van der Waals surface area (Å²) in [5, 5.41) is 3.33. The molecule has 1 unspecified atom stereocenters. The van der Waals surface area contributed by atoms with E-state index in [1.165, 1.54) is 5.56 Å². The molecule has 0 bridgehead atoms. The lowest BCUT2D eigenvalue weighted by molar-refractivity contribution is -0.131. The molecule has 2 rings (SSSR count). The number of hydrogen-bond donors (Lipinski definition) is 1. The Hall–Kier alpha value is -1.35. The number of benzene rings is 1. The van der Waals surface area contributed by atoms with E-state index in [-0.39, 0.29) is 11.9 Å². The first-order valence-electron chi connectivity index (χ1n) is 5.74. The Labute approximate surface area is 96.5 Å². The fraction of sp³-hybridized carbons (Fsp3) is 0.462. The van der Waals surface area contributed by atoms with Crippen LogP contribution in [0.5, 0.6) is 0 Å². The summed E-state index contributed by atoms with van der Waals surface area (Å²) >= 11 is 0. The zero-order valence-corrected chi connectivity index (χ0v) is 9.86. The molecule has 0 spiro atoms. The summed E-state index contributed by atoms with van der Waals surface area (Å²) in [6, 6.07) is 7.90. The minimum Gasteiger partial charge on any atom is -0.344 e. The maximum atomic E-state index is 12.2. The fourth-order valence-electron chi connectivity index (χ4n) is 2.13. The standard InChI is InChI=1S/C13H18N2O/c1-10-6-3-4-7-11(10)12-13(16)15(2)9-5-8-14-12/h3-4,6-7,12,14H,5,8-9H2,1-2H3. The van der Waals surface area contributed by atoms with Crippen LogP contribution >= 0.6 is 0 Å². The number of nitrogens with zero attached hydrogens (tertiary/aromatic N) is 1. The van der Waals surface area contributed by atoms with Crippen molar-refractivity contribution in [2.75, 3.05) is 20.1 Å². The number of rotatable bonds is 1. The molecule has 1 aliphatic heterocycles. The number of hydrogen-bond acceptors (Lipinski definition) is 2. The molecule has 1 heterocycles. The van der Waals surface area contributed by atoms with E-state index in [0.29, 0.717) is 0 Å². The first-order valence-corrected chi connectivity index (χ1v) is 5.74. The zero-order chi connectivity index (χ0) is 11.5. The van der Waals surface area contributed by atoms with Crippen LogP contribution in [0, 0.1) is 6.92 Å². The van der Waals surface area contributed by atoms with Crippen molar-refractivity contribution < 1.29 is 4.79 Å². The third-order valence-electron chi connectivity index (χ3n) is 3.14. The summed E-state index contributed by atoms with van der Waals surface area (Å²) in [5.41, 5.74) is 2.27. The number of carbonyl (C=O) groups is 1. The lowest BCUT2D eigenvalue weighted by atomic mass is 10.0. The van der Waals surface area contributed by atoms with Crippen molar-refractivity contribution in [3.05, 3.63) is 35.4 Å². The van der Waals surface area contributed by atoms with Crippen molar-refractivity contribution in [3.8, 4) is 0 Å². The Bertz CT molecular complexity index is 389. The van der Waals surface area contributed by atoms with E-state index in [4.69, 9.17) is 0 Å². The largest absolute Gasteiger partial charge is 0.344 e. The molecule has 1 N–H and O–H groups in total. The van der Waals surface area contributed by atoms with Crippen molar-refractivity contribution in [1.29, 1.82) is 0 Å². The highest BCUT2D eigenvalue weighted by molar-refractivity contribution is 5.83. The first kappa shape index (κ1) is 11.1. The van der Waals surface area contributed by atoms with Crippen LogP contribution in [-0.4, -0.2) is 30.9 Å². The second-order valence-corrected chi connectivity index (χ2v) is 4.36. The molecular weight excluding hydrogens is 200 g/mol. The average molecular weight is 218 g/mol. The molecule has 1 atom stereocenters. The van der Waals surface area contributed by atoms with Crippen LogP contribution in [0.4, 0.5) is 0 Å². The van der Waals surface area contributed by atoms with Gasteiger partial charge in [0.15, 0.2) is 0 Å². The number of amides is 1. The maximum absolute atomic E-state index is 12.2. The van der Waals surface area contributed by atoms with Crippen molar-refractivity contribution in [2.24, 2.45) is 0 Å². The Morgan fingerprint density at radius 3 is 2.88 bits per heavy atom. The van der Waals surface area contributed by atoms with Gasteiger partial charge in [-0.15, -0.1) is 0 Å². The third-order valence-corrected chi connectivity index (χ3v) is 3.14. The molecule has 1 fully saturated rings. The Kier molecular flexibility index (Phi) is 3.25. The highest BCUT2D eigenvalue weighted by Crippen LogP contribution is 2.20. The molecule has 1 saturated heterocycles. The Balaban J connectivity index is 2.31. The van der Waals surface area contributed by atoms with Gasteiger partial charge in [-0.25, -0.2) is 0 Å². The molecule has 16 heavy (non-hydrogen) atoms. The molecule has 0 saturated carbocycles. The van der Waals surface area contributed by atoms with Gasteiger partial charge in [0.1, 0.15) is 6.04 Å². The molecular formula is C13H18N2O. The topological polar surface area (TPSA) is 32.3 Å². The molecule has 0 aliphatic carbocycles. The lowest BCUT2D eigenvalue weighted by Gasteiger charge is -2.21. The van der Waals surface area contributed by atoms with Gasteiger partial charge < -0.3 is 10.2 Å². The van der Waals surface area contributed by atoms with E-state index in [1.807, 2.05) is 30.1 Å². The van der Waals surface area contributed by atoms with Crippen molar-refractivity contribution in [2.45, 2.75) is 19.4 Å². The van der Waals surface area contributed by atoms with Gasteiger partial charge in [-0.05, 0) is 31.0 Å². The molecule has 3 nitrogen and oxygen atoms in total. The van der Waals surface area contributed by atoms with Crippen LogP contribution in [0.2, 0.25) is 0 Å². The third kappa shape index (κ3) is 2.09. The molecule has 1 aliphatic rings. The Morgan fingerprint density at radius 2 is 2.12 bits per heavy atom. The minimum absolute atomic E-state index is 0.173. The summed E-state index contributed by atoms with van der Waals surface area (Å²) in [6.07, 6.45) is 1.02. The second-order valence-electron chi connectivity index (χ2n) is 4.36. The SMILES string of the molecule is Cc1ccccc1C1NCCCN(C)C1=O. The van der Waals surface area contributed by atoms with Gasteiger partial charge in [-0.1, -0.05) is 24.3 Å². The van der Waals surface area contributed by atoms with Crippen molar-refractivity contribution >= 4 is 5.91 Å². The summed E-state index contributed by atoms with van der Waals surface area (Å²) < 4.78 is 0. The van der Waals surface area contributed by atoms with Gasteiger partial charge in [-0.2, -0.15) is 0 Å². The van der Waals surface area contributed by atoms with Gasteiger partial charge in [0, 0.05) is 13.6 Å². The van der Waals surface area contributed by atoms with E-state index >= 15 is 0 Å². The normalized spacial score (nSPS) is 22.0. The van der Waals surface area contributed by atoms with Crippen LogP contribution < -0.4 is 5.32 Å². The Morgan fingerprint density at radius 1 is 1.38 bits per heavy atom. The second kappa shape index (κ2) is 4.66. The quantitative estimate of drug-likeness (QED) is 0.774. The molecule has 1 aromatic rings. The monoisotopic (exact) mass is 218 g/mol. The summed E-state index contributed by atoms with van der Waals surface area (Å²) in [7, 11) is 1.88. The van der Waals surface area contributed by atoms with Gasteiger partial charge >= 0.3 is 0 Å². The van der Waals surface area contributed by atoms with Crippen molar-refractivity contribution in [3.63, 3.8) is 0 Å². The van der Waals surface area contributed by atoms with Crippen LogP contribution in [-0.2, 0) is 4.79 Å². The van der Waals surface area contributed by atoms with Gasteiger partial charge in [0.2, 0.25) is 5.91 Å². The van der Waals surface area contributed by atoms with Gasteiger partial charge in [-0.3, -0.25) is 4.79 Å². The van der Waals surface area contributed by atoms with Crippen LogP contribution in [0.25, 0.3) is 0 Å². The molecule has 86 valence electrons. The van der Waals surface area contributed by atoms with Crippen LogP contribution in [0.1, 0.15) is 23.6 Å². The number of nitrogens with one attached hydrogen (secondary N) is 1. The lowest BCUT2D eigenvalue weighted by Crippen LogP contribution is -2.35. The first-order chi connectivity index (χ1) is 7.70. The molecule has 3 heteroatoms. The predicted molar refractivity (Wildman–Crippen MR) is 64.2 cm³/mol. The number of aryl methyl sites for hydroxylation is 1. The van der Waals surface area contributed by atoms with Crippen molar-refractivity contribution in [1.82, 2.24) is 10.2 Å². The fourth-order valence-corrected chi connectivity index (χ4v) is 2.13. The molecule has 1 aromatic carbocycles. The van der Waals surface area contributed by atoms with E-state index in [0.717, 1.165) is 25.1 Å². The van der Waals surface area contributed by atoms with E-state index < -0.39 is 0 Å². The molecule has 1 amide bonds. The van der Waals surface area contributed by atoms with Gasteiger partial charge in [0.25, 0.3) is 0 Å². The summed E-state index contributed by atoms with van der Waals surface area (Å²) in [5.74, 6) is 0.173.